The van der Waals surface area contributed by atoms with Crippen LogP contribution in [0.15, 0.2) is 58.4 Å². The summed E-state index contributed by atoms with van der Waals surface area (Å²) >= 11 is 1.02. The van der Waals surface area contributed by atoms with Gasteiger partial charge in [-0.3, -0.25) is 4.79 Å². The fourth-order valence-electron chi connectivity index (χ4n) is 4.05. The lowest BCUT2D eigenvalue weighted by Crippen LogP contribution is -2.51. The predicted molar refractivity (Wildman–Crippen MR) is 126 cm³/mol. The molecule has 4 rings (SSSR count). The van der Waals surface area contributed by atoms with E-state index < -0.39 is 45.5 Å². The quantitative estimate of drug-likeness (QED) is 0.628. The smallest absolute Gasteiger partial charge is 0.417 e. The molecule has 0 aromatic heterocycles. The number of ether oxygens (including phenoxy) is 1. The monoisotopic (exact) mass is 505 g/mol. The molecule has 0 aliphatic carbocycles. The van der Waals surface area contributed by atoms with Crippen molar-refractivity contribution in [1.82, 2.24) is 9.21 Å². The van der Waals surface area contributed by atoms with E-state index in [2.05, 4.69) is 4.99 Å². The van der Waals surface area contributed by atoms with Crippen LogP contribution in [-0.4, -0.2) is 59.2 Å². The van der Waals surface area contributed by atoms with Gasteiger partial charge in [0.25, 0.3) is 15.9 Å². The van der Waals surface area contributed by atoms with Crippen molar-refractivity contribution in [2.75, 3.05) is 12.9 Å². The Morgan fingerprint density at radius 2 is 1.82 bits per heavy atom. The number of aliphatic imine (C=N–C) groups is 1. The molecule has 2 aliphatic rings. The third-order valence-electron chi connectivity index (χ3n) is 5.78. The average molecular weight is 506 g/mol. The molecule has 2 heterocycles. The van der Waals surface area contributed by atoms with E-state index >= 15 is 4.39 Å². The van der Waals surface area contributed by atoms with Gasteiger partial charge in [0.2, 0.25) is 0 Å². The van der Waals surface area contributed by atoms with Crippen LogP contribution >= 0.6 is 11.8 Å². The van der Waals surface area contributed by atoms with Crippen LogP contribution in [0.1, 0.15) is 31.0 Å². The maximum absolute atomic E-state index is 15.0. The molecule has 0 radical (unpaired) electrons. The van der Waals surface area contributed by atoms with E-state index in [9.17, 15) is 18.0 Å². The maximum Gasteiger partial charge on any atom is 0.417 e. The first-order valence-corrected chi connectivity index (χ1v) is 13.1. The van der Waals surface area contributed by atoms with Gasteiger partial charge in [-0.25, -0.2) is 31.8 Å². The van der Waals surface area contributed by atoms with Crippen LogP contribution in [0.25, 0.3) is 0 Å². The Kier molecular flexibility index (Phi) is 6.19. The van der Waals surface area contributed by atoms with Gasteiger partial charge < -0.3 is 4.74 Å². The third-order valence-corrected chi connectivity index (χ3v) is 8.35. The lowest BCUT2D eigenvalue weighted by Gasteiger charge is -2.32. The maximum atomic E-state index is 15.0. The molecule has 11 heteroatoms. The number of hydrogen-bond donors (Lipinski definition) is 0. The molecule has 1 saturated heterocycles. The van der Waals surface area contributed by atoms with E-state index in [0.717, 1.165) is 26.5 Å². The minimum atomic E-state index is -4.23. The minimum absolute atomic E-state index is 0.0147. The summed E-state index contributed by atoms with van der Waals surface area (Å²) in [5.41, 5.74) is -0.117. The molecule has 0 N–H and O–H groups in total. The van der Waals surface area contributed by atoms with Crippen molar-refractivity contribution < 1.29 is 27.1 Å². The molecule has 180 valence electrons. The zero-order chi connectivity index (χ0) is 24.8. The van der Waals surface area contributed by atoms with E-state index in [1.54, 1.807) is 38.3 Å². The summed E-state index contributed by atoms with van der Waals surface area (Å²) in [6.45, 7) is 5.12. The van der Waals surface area contributed by atoms with Crippen molar-refractivity contribution in [2.45, 2.75) is 43.3 Å². The van der Waals surface area contributed by atoms with Gasteiger partial charge >= 0.3 is 6.09 Å². The van der Waals surface area contributed by atoms with Gasteiger partial charge in [-0.2, -0.15) is 0 Å². The second-order valence-corrected chi connectivity index (χ2v) is 11.3. The molecule has 0 unspecified atom stereocenters. The number of thioether (sulfide) groups is 1. The summed E-state index contributed by atoms with van der Waals surface area (Å²) in [5.74, 6) is -1.44. The molecule has 0 bridgehead atoms. The largest absolute Gasteiger partial charge is 0.447 e. The van der Waals surface area contributed by atoms with Crippen LogP contribution in [0, 0.1) is 12.7 Å². The van der Waals surface area contributed by atoms with Crippen LogP contribution in [0.2, 0.25) is 0 Å². The third kappa shape index (κ3) is 3.96. The predicted octanol–water partition coefficient (Wildman–Crippen LogP) is 3.72. The first kappa shape index (κ1) is 24.2. The molecular formula is C23H24FN3O5S2. The normalized spacial score (nSPS) is 22.0. The second kappa shape index (κ2) is 8.70. The van der Waals surface area contributed by atoms with Crippen molar-refractivity contribution in [3.05, 3.63) is 65.5 Å². The number of cyclic esters (lactones) is 1. The number of carbonyl (C=O) groups is 2. The minimum Gasteiger partial charge on any atom is -0.447 e. The summed E-state index contributed by atoms with van der Waals surface area (Å²) in [6.07, 6.45) is 0.776. The van der Waals surface area contributed by atoms with Crippen molar-refractivity contribution >= 4 is 39.0 Å². The van der Waals surface area contributed by atoms with Gasteiger partial charge in [0.15, 0.2) is 11.2 Å². The van der Waals surface area contributed by atoms with E-state index in [0.29, 0.717) is 0 Å². The van der Waals surface area contributed by atoms with Gasteiger partial charge in [-0.05, 0) is 45.2 Å². The average Bonchev–Trinajstić information content (AvgIpc) is 3.31. The second-order valence-electron chi connectivity index (χ2n) is 8.68. The lowest BCUT2D eigenvalue weighted by atomic mass is 9.97. The molecule has 2 aromatic rings. The standard InChI is InChI=1S/C23H24FN3O5S2/c1-14-9-11-15(12-10-14)34(30,31)27-19(16-7-5-6-8-17(16)24)18(25-21(27)33-4)20(28)26-22(29)32-13-23(26,2)3/h5-12,18-19H,13H2,1-4H3/t18-,19+/m0/s1. The SMILES string of the molecule is CSC1=N[C@H](C(=O)N2C(=O)OCC2(C)C)[C@@H](c2ccccc2F)N1S(=O)(=O)c1ccc(C)cc1. The zero-order valence-electron chi connectivity index (χ0n) is 19.1. The zero-order valence-corrected chi connectivity index (χ0v) is 20.7. The van der Waals surface area contributed by atoms with Crippen LogP contribution in [-0.2, 0) is 19.6 Å². The fourth-order valence-corrected chi connectivity index (χ4v) is 6.57. The summed E-state index contributed by atoms with van der Waals surface area (Å²) in [7, 11) is -4.23. The molecule has 8 nitrogen and oxygen atoms in total. The topological polar surface area (TPSA) is 96.3 Å². The van der Waals surface area contributed by atoms with Crippen molar-refractivity contribution in [3.8, 4) is 0 Å². The molecule has 1 fully saturated rings. The van der Waals surface area contributed by atoms with Crippen molar-refractivity contribution in [2.24, 2.45) is 4.99 Å². The van der Waals surface area contributed by atoms with Crippen molar-refractivity contribution in [3.63, 3.8) is 0 Å². The number of carbonyl (C=O) groups excluding carboxylic acids is 2. The molecule has 2 atom stereocenters. The Balaban J connectivity index is 1.88. The number of nitrogens with zero attached hydrogens (tertiary/aromatic N) is 3. The van der Waals surface area contributed by atoms with Crippen LogP contribution in [0.4, 0.5) is 9.18 Å². The van der Waals surface area contributed by atoms with Gasteiger partial charge in [0.1, 0.15) is 18.5 Å². The van der Waals surface area contributed by atoms with E-state index in [-0.39, 0.29) is 22.2 Å². The van der Waals surface area contributed by atoms with Gasteiger partial charge in [0, 0.05) is 5.56 Å². The van der Waals surface area contributed by atoms with Gasteiger partial charge in [-0.15, -0.1) is 0 Å². The van der Waals surface area contributed by atoms with Gasteiger partial charge in [0.05, 0.1) is 10.4 Å². The number of rotatable bonds is 4. The highest BCUT2D eigenvalue weighted by atomic mass is 32.2. The number of halogens is 1. The Hall–Kier alpha value is -2.92. The molecule has 2 aromatic carbocycles. The highest BCUT2D eigenvalue weighted by Gasteiger charge is 2.54. The Labute approximate surface area is 201 Å². The Bertz CT molecular complexity index is 1280. The molecular weight excluding hydrogens is 481 g/mol. The number of amidine groups is 1. The number of imide groups is 1. The number of aryl methyl sites for hydroxylation is 1. The molecule has 0 saturated carbocycles. The van der Waals surface area contributed by atoms with Crippen LogP contribution < -0.4 is 0 Å². The summed E-state index contributed by atoms with van der Waals surface area (Å²) < 4.78 is 48.6. The number of amides is 2. The van der Waals surface area contributed by atoms with E-state index in [1.165, 1.54) is 30.3 Å². The highest BCUT2D eigenvalue weighted by Crippen LogP contribution is 2.42. The summed E-state index contributed by atoms with van der Waals surface area (Å²) in [4.78, 5) is 31.4. The Morgan fingerprint density at radius 1 is 1.18 bits per heavy atom. The van der Waals surface area contributed by atoms with Crippen LogP contribution in [0.5, 0.6) is 0 Å². The van der Waals surface area contributed by atoms with Crippen molar-refractivity contribution in [1.29, 1.82) is 0 Å². The van der Waals surface area contributed by atoms with E-state index in [4.69, 9.17) is 4.74 Å². The molecule has 2 aliphatic heterocycles. The van der Waals surface area contributed by atoms with E-state index in [1.807, 2.05) is 6.92 Å². The molecule has 2 amide bonds. The highest BCUT2D eigenvalue weighted by molar-refractivity contribution is 8.14. The lowest BCUT2D eigenvalue weighted by molar-refractivity contribution is -0.132. The number of hydrogen-bond acceptors (Lipinski definition) is 7. The summed E-state index contributed by atoms with van der Waals surface area (Å²) in [5, 5.41) is 0.0255. The van der Waals surface area contributed by atoms with Crippen LogP contribution in [0.3, 0.4) is 0 Å². The molecule has 0 spiro atoms. The number of sulfonamides is 1. The fraction of sp³-hybridized carbons (Fsp3) is 0.348. The number of benzene rings is 2. The summed E-state index contributed by atoms with van der Waals surface area (Å²) in [6, 6.07) is 9.15. The molecule has 34 heavy (non-hydrogen) atoms. The van der Waals surface area contributed by atoms with Gasteiger partial charge in [-0.1, -0.05) is 47.7 Å². The first-order chi connectivity index (χ1) is 16.0. The Morgan fingerprint density at radius 3 is 2.38 bits per heavy atom. The first-order valence-electron chi connectivity index (χ1n) is 10.5.